The molecule has 0 atom stereocenters. The minimum atomic E-state index is -0.0875. The van der Waals surface area contributed by atoms with Crippen LogP contribution in [-0.2, 0) is 5.54 Å². The molecule has 1 saturated heterocycles. The second-order valence-electron chi connectivity index (χ2n) is 5.50. The molecule has 0 amide bonds. The normalized spacial score (nSPS) is 23.9. The van der Waals surface area contributed by atoms with Crippen LogP contribution in [-0.4, -0.2) is 31.1 Å². The molecule has 1 aromatic rings. The predicted octanol–water partition coefficient (Wildman–Crippen LogP) is 1.72. The zero-order valence-electron chi connectivity index (χ0n) is 10.4. The van der Waals surface area contributed by atoms with Crippen molar-refractivity contribution in [2.45, 2.75) is 30.9 Å². The number of benzene rings is 1. The van der Waals surface area contributed by atoms with E-state index in [1.165, 1.54) is 12.0 Å². The maximum Gasteiger partial charge on any atom is 0.124 e. The molecule has 3 heteroatoms. The molecule has 1 aliphatic heterocycles. The molecule has 3 nitrogen and oxygen atoms in total. The van der Waals surface area contributed by atoms with E-state index in [9.17, 15) is 0 Å². The van der Waals surface area contributed by atoms with E-state index in [0.29, 0.717) is 6.10 Å². The number of rotatable bonds is 3. The van der Waals surface area contributed by atoms with Crippen molar-refractivity contribution >= 4 is 0 Å². The average Bonchev–Trinajstić information content (AvgIpc) is 2.24. The van der Waals surface area contributed by atoms with Crippen LogP contribution >= 0.6 is 0 Å². The van der Waals surface area contributed by atoms with Gasteiger partial charge in [-0.05, 0) is 44.0 Å². The van der Waals surface area contributed by atoms with Crippen LogP contribution in [0.15, 0.2) is 24.3 Å². The summed E-state index contributed by atoms with van der Waals surface area (Å²) in [6.07, 6.45) is 3.80. The Morgan fingerprint density at radius 1 is 1.35 bits per heavy atom. The van der Waals surface area contributed by atoms with Crippen LogP contribution in [0, 0.1) is 0 Å². The third-order valence-corrected chi connectivity index (χ3v) is 3.99. The first-order valence-corrected chi connectivity index (χ1v) is 6.40. The van der Waals surface area contributed by atoms with Gasteiger partial charge in [0.05, 0.1) is 0 Å². The molecule has 0 bridgehead atoms. The van der Waals surface area contributed by atoms with Crippen LogP contribution < -0.4 is 10.5 Å². The minimum absolute atomic E-state index is 0.0875. The van der Waals surface area contributed by atoms with Gasteiger partial charge in [0, 0.05) is 18.6 Å². The Labute approximate surface area is 103 Å². The minimum Gasteiger partial charge on any atom is -0.488 e. The summed E-state index contributed by atoms with van der Waals surface area (Å²) in [5.74, 6) is 0.970. The summed E-state index contributed by atoms with van der Waals surface area (Å²) in [6.45, 7) is 2.05. The summed E-state index contributed by atoms with van der Waals surface area (Å²) in [6, 6.07) is 8.33. The number of hydrogen-bond acceptors (Lipinski definition) is 3. The standard InChI is InChI=1S/C14H20N2O/c1-16-9-13(10-16)17-12-5-2-4-11(8-12)14(15)6-3-7-14/h2,4-5,8,13H,3,6-7,9-10,15H2,1H3. The van der Waals surface area contributed by atoms with E-state index in [0.717, 1.165) is 31.7 Å². The van der Waals surface area contributed by atoms with Crippen molar-refractivity contribution < 1.29 is 4.74 Å². The van der Waals surface area contributed by atoms with E-state index in [1.807, 2.05) is 6.07 Å². The van der Waals surface area contributed by atoms with Crippen LogP contribution in [0.3, 0.4) is 0 Å². The summed E-state index contributed by atoms with van der Waals surface area (Å²) in [5.41, 5.74) is 7.47. The number of hydrogen-bond donors (Lipinski definition) is 1. The lowest BCUT2D eigenvalue weighted by Gasteiger charge is -2.39. The molecule has 1 saturated carbocycles. The molecule has 0 radical (unpaired) electrons. The first-order chi connectivity index (χ1) is 8.16. The third-order valence-electron chi connectivity index (χ3n) is 3.99. The van der Waals surface area contributed by atoms with E-state index < -0.39 is 0 Å². The van der Waals surface area contributed by atoms with E-state index in [-0.39, 0.29) is 5.54 Å². The molecule has 1 aromatic carbocycles. The Balaban J connectivity index is 1.71. The fourth-order valence-electron chi connectivity index (χ4n) is 2.63. The predicted molar refractivity (Wildman–Crippen MR) is 68.1 cm³/mol. The van der Waals surface area contributed by atoms with Gasteiger partial charge in [-0.3, -0.25) is 4.90 Å². The highest BCUT2D eigenvalue weighted by atomic mass is 16.5. The summed E-state index contributed by atoms with van der Waals surface area (Å²) < 4.78 is 5.93. The Hall–Kier alpha value is -1.06. The Morgan fingerprint density at radius 2 is 2.12 bits per heavy atom. The number of ether oxygens (including phenoxy) is 1. The van der Waals surface area contributed by atoms with Gasteiger partial charge in [-0.15, -0.1) is 0 Å². The third kappa shape index (κ3) is 2.05. The molecule has 3 rings (SSSR count). The monoisotopic (exact) mass is 232 g/mol. The van der Waals surface area contributed by atoms with Crippen molar-refractivity contribution in [2.75, 3.05) is 20.1 Å². The van der Waals surface area contributed by atoms with Gasteiger partial charge in [0.1, 0.15) is 11.9 Å². The summed E-state index contributed by atoms with van der Waals surface area (Å²) >= 11 is 0. The van der Waals surface area contributed by atoms with Gasteiger partial charge in [-0.2, -0.15) is 0 Å². The lowest BCUT2D eigenvalue weighted by molar-refractivity contribution is 0.0386. The SMILES string of the molecule is CN1CC(Oc2cccc(C3(N)CCC3)c2)C1. The molecule has 2 aliphatic rings. The second-order valence-corrected chi connectivity index (χ2v) is 5.50. The van der Waals surface area contributed by atoms with Crippen LogP contribution in [0.4, 0.5) is 0 Å². The molecule has 1 aliphatic carbocycles. The Morgan fingerprint density at radius 3 is 2.71 bits per heavy atom. The molecular weight excluding hydrogens is 212 g/mol. The fraction of sp³-hybridized carbons (Fsp3) is 0.571. The van der Waals surface area contributed by atoms with Gasteiger partial charge >= 0.3 is 0 Å². The average molecular weight is 232 g/mol. The lowest BCUT2D eigenvalue weighted by Crippen LogP contribution is -2.51. The van der Waals surface area contributed by atoms with Crippen molar-refractivity contribution in [3.05, 3.63) is 29.8 Å². The van der Waals surface area contributed by atoms with Crippen LogP contribution in [0.25, 0.3) is 0 Å². The maximum atomic E-state index is 6.33. The molecule has 1 heterocycles. The topological polar surface area (TPSA) is 38.5 Å². The maximum absolute atomic E-state index is 6.33. The number of nitrogens with two attached hydrogens (primary N) is 1. The van der Waals surface area contributed by atoms with E-state index in [2.05, 4.69) is 30.1 Å². The van der Waals surface area contributed by atoms with Crippen LogP contribution in [0.5, 0.6) is 5.75 Å². The van der Waals surface area contributed by atoms with Crippen molar-refractivity contribution in [3.8, 4) is 5.75 Å². The number of nitrogens with zero attached hydrogens (tertiary/aromatic N) is 1. The molecule has 92 valence electrons. The van der Waals surface area contributed by atoms with Crippen molar-refractivity contribution in [1.82, 2.24) is 4.90 Å². The Bertz CT molecular complexity index is 408. The highest BCUT2D eigenvalue weighted by molar-refractivity contribution is 5.34. The molecule has 2 fully saturated rings. The summed E-state index contributed by atoms with van der Waals surface area (Å²) in [4.78, 5) is 2.25. The van der Waals surface area contributed by atoms with E-state index >= 15 is 0 Å². The zero-order chi connectivity index (χ0) is 11.9. The lowest BCUT2D eigenvalue weighted by atomic mass is 9.73. The fourth-order valence-corrected chi connectivity index (χ4v) is 2.63. The van der Waals surface area contributed by atoms with Gasteiger partial charge in [-0.1, -0.05) is 12.1 Å². The highest BCUT2D eigenvalue weighted by Crippen LogP contribution is 2.39. The van der Waals surface area contributed by atoms with Gasteiger partial charge in [0.2, 0.25) is 0 Å². The van der Waals surface area contributed by atoms with Crippen LogP contribution in [0.1, 0.15) is 24.8 Å². The summed E-state index contributed by atoms with van der Waals surface area (Å²) in [5, 5.41) is 0. The molecule has 2 N–H and O–H groups in total. The first kappa shape index (κ1) is 11.1. The van der Waals surface area contributed by atoms with Gasteiger partial charge in [0.15, 0.2) is 0 Å². The van der Waals surface area contributed by atoms with Gasteiger partial charge in [-0.25, -0.2) is 0 Å². The molecule has 17 heavy (non-hydrogen) atoms. The highest BCUT2D eigenvalue weighted by Gasteiger charge is 2.34. The molecule has 0 spiro atoms. The number of likely N-dealkylation sites (N-methyl/N-ethyl adjacent to an activating group) is 1. The van der Waals surface area contributed by atoms with Crippen LogP contribution in [0.2, 0.25) is 0 Å². The Kier molecular flexibility index (Phi) is 2.60. The smallest absolute Gasteiger partial charge is 0.124 e. The first-order valence-electron chi connectivity index (χ1n) is 6.40. The van der Waals surface area contributed by atoms with Crippen molar-refractivity contribution in [2.24, 2.45) is 5.73 Å². The van der Waals surface area contributed by atoms with E-state index in [1.54, 1.807) is 0 Å². The molecule has 0 unspecified atom stereocenters. The zero-order valence-corrected chi connectivity index (χ0v) is 10.4. The largest absolute Gasteiger partial charge is 0.488 e. The van der Waals surface area contributed by atoms with E-state index in [4.69, 9.17) is 10.5 Å². The molecular formula is C14H20N2O. The molecule has 0 aromatic heterocycles. The van der Waals surface area contributed by atoms with Crippen molar-refractivity contribution in [3.63, 3.8) is 0 Å². The number of likely N-dealkylation sites (tertiary alicyclic amines) is 1. The summed E-state index contributed by atoms with van der Waals surface area (Å²) in [7, 11) is 2.11. The van der Waals surface area contributed by atoms with Gasteiger partial charge in [0.25, 0.3) is 0 Å². The quantitative estimate of drug-likeness (QED) is 0.862. The van der Waals surface area contributed by atoms with Gasteiger partial charge < -0.3 is 10.5 Å². The van der Waals surface area contributed by atoms with Crippen molar-refractivity contribution in [1.29, 1.82) is 0 Å². The second kappa shape index (κ2) is 4.00.